The maximum absolute atomic E-state index is 12.1. The summed E-state index contributed by atoms with van der Waals surface area (Å²) >= 11 is 1.31. The van der Waals surface area contributed by atoms with Crippen LogP contribution in [0, 0.1) is 0 Å². The molecule has 0 fully saturated rings. The third kappa shape index (κ3) is 5.86. The minimum Gasteiger partial charge on any atom is -0.422 e. The van der Waals surface area contributed by atoms with Gasteiger partial charge in [0.2, 0.25) is 0 Å². The summed E-state index contributed by atoms with van der Waals surface area (Å²) in [5.74, 6) is -1.69. The van der Waals surface area contributed by atoms with Crippen LogP contribution in [0.25, 0.3) is 0 Å². The zero-order valence-corrected chi connectivity index (χ0v) is 17.9. The summed E-state index contributed by atoms with van der Waals surface area (Å²) in [6, 6.07) is 17.4. The van der Waals surface area contributed by atoms with Gasteiger partial charge >= 0.3 is 17.8 Å². The number of anilines is 1. The lowest BCUT2D eigenvalue weighted by Crippen LogP contribution is -2.33. The molecule has 1 aromatic heterocycles. The van der Waals surface area contributed by atoms with Crippen LogP contribution in [0.5, 0.6) is 5.75 Å². The molecule has 0 aliphatic carbocycles. The molecular weight excluding hydrogens is 414 g/mol. The third-order valence-corrected chi connectivity index (χ3v) is 5.23. The number of carbonyl (C=O) groups excluding carboxylic acids is 3. The number of hydrazone groups is 1. The molecule has 3 aromatic rings. The van der Waals surface area contributed by atoms with Crippen LogP contribution in [-0.4, -0.2) is 23.5 Å². The van der Waals surface area contributed by atoms with Gasteiger partial charge in [-0.05, 0) is 66.2 Å². The molecule has 2 aromatic carbocycles. The highest BCUT2D eigenvalue weighted by Gasteiger charge is 2.15. The van der Waals surface area contributed by atoms with E-state index in [2.05, 4.69) is 15.8 Å². The highest BCUT2D eigenvalue weighted by atomic mass is 32.1. The summed E-state index contributed by atoms with van der Waals surface area (Å²) in [5, 5.41) is 8.38. The highest BCUT2D eigenvalue weighted by molar-refractivity contribution is 7.12. The van der Waals surface area contributed by atoms with Gasteiger partial charge in [0.05, 0.1) is 5.71 Å². The van der Waals surface area contributed by atoms with E-state index in [4.69, 9.17) is 4.74 Å². The van der Waals surface area contributed by atoms with Crippen molar-refractivity contribution in [3.63, 3.8) is 0 Å². The Morgan fingerprint density at radius 2 is 1.71 bits per heavy atom. The molecule has 2 amide bonds. The number of hydrogen-bond donors (Lipinski definition) is 2. The molecule has 0 aliphatic rings. The SMILES string of the molecule is CCc1ccccc1NC(=O)C(=O)N/N=C(\C)c1ccc(OC(=O)c2cccs2)cc1. The lowest BCUT2D eigenvalue weighted by Gasteiger charge is -2.09. The van der Waals surface area contributed by atoms with Gasteiger partial charge in [-0.15, -0.1) is 11.3 Å². The number of esters is 1. The van der Waals surface area contributed by atoms with Crippen LogP contribution in [-0.2, 0) is 16.0 Å². The van der Waals surface area contributed by atoms with E-state index >= 15 is 0 Å². The maximum Gasteiger partial charge on any atom is 0.353 e. The lowest BCUT2D eigenvalue weighted by molar-refractivity contribution is -0.136. The van der Waals surface area contributed by atoms with Crippen molar-refractivity contribution in [2.24, 2.45) is 5.10 Å². The highest BCUT2D eigenvalue weighted by Crippen LogP contribution is 2.17. The van der Waals surface area contributed by atoms with E-state index in [1.807, 2.05) is 19.1 Å². The van der Waals surface area contributed by atoms with Crippen molar-refractivity contribution in [3.8, 4) is 5.75 Å². The molecule has 7 nitrogen and oxygen atoms in total. The Kier molecular flexibility index (Phi) is 7.29. The first-order chi connectivity index (χ1) is 15.0. The van der Waals surface area contributed by atoms with Gasteiger partial charge in [-0.2, -0.15) is 5.10 Å². The average molecular weight is 436 g/mol. The standard InChI is InChI=1S/C23H21N3O4S/c1-3-16-7-4-5-8-19(16)24-21(27)22(28)26-25-15(2)17-10-12-18(13-11-17)30-23(29)20-9-6-14-31-20/h4-14H,3H2,1-2H3,(H,24,27)(H,26,28)/b25-15+. The van der Waals surface area contributed by atoms with E-state index in [0.717, 1.165) is 12.0 Å². The molecule has 0 spiro atoms. The van der Waals surface area contributed by atoms with Gasteiger partial charge in [0.25, 0.3) is 0 Å². The number of benzene rings is 2. The second-order valence-corrected chi connectivity index (χ2v) is 7.44. The summed E-state index contributed by atoms with van der Waals surface area (Å²) in [6.07, 6.45) is 0.730. The van der Waals surface area contributed by atoms with Crippen LogP contribution < -0.4 is 15.5 Å². The van der Waals surface area contributed by atoms with Gasteiger partial charge in [-0.25, -0.2) is 10.2 Å². The fourth-order valence-electron chi connectivity index (χ4n) is 2.70. The Bertz CT molecular complexity index is 1110. The number of thiophene rings is 1. The van der Waals surface area contributed by atoms with E-state index in [1.165, 1.54) is 11.3 Å². The van der Waals surface area contributed by atoms with Gasteiger partial charge in [0, 0.05) is 5.69 Å². The molecule has 0 unspecified atom stereocenters. The van der Waals surface area contributed by atoms with Crippen molar-refractivity contribution >= 4 is 40.5 Å². The largest absolute Gasteiger partial charge is 0.422 e. The van der Waals surface area contributed by atoms with Gasteiger partial charge in [-0.1, -0.05) is 31.2 Å². The Hall–Kier alpha value is -3.78. The van der Waals surface area contributed by atoms with Crippen molar-refractivity contribution in [2.45, 2.75) is 20.3 Å². The number of hydrogen-bond acceptors (Lipinski definition) is 6. The van der Waals surface area contributed by atoms with E-state index < -0.39 is 17.8 Å². The number of amides is 2. The molecule has 0 radical (unpaired) electrons. The van der Waals surface area contributed by atoms with Crippen molar-refractivity contribution < 1.29 is 19.1 Å². The number of nitrogens with one attached hydrogen (secondary N) is 2. The summed E-state index contributed by atoms with van der Waals surface area (Å²) in [7, 11) is 0. The minimum atomic E-state index is -0.869. The smallest absolute Gasteiger partial charge is 0.353 e. The normalized spacial score (nSPS) is 11.0. The van der Waals surface area contributed by atoms with E-state index in [9.17, 15) is 14.4 Å². The maximum atomic E-state index is 12.1. The van der Waals surface area contributed by atoms with Crippen LogP contribution in [0.15, 0.2) is 71.1 Å². The molecule has 3 rings (SSSR count). The molecule has 8 heteroatoms. The minimum absolute atomic E-state index is 0.396. The van der Waals surface area contributed by atoms with Crippen LogP contribution in [0.1, 0.15) is 34.6 Å². The topological polar surface area (TPSA) is 96.9 Å². The number of carbonyl (C=O) groups is 3. The molecule has 0 saturated heterocycles. The summed E-state index contributed by atoms with van der Waals surface area (Å²) in [6.45, 7) is 3.66. The Morgan fingerprint density at radius 1 is 0.968 bits per heavy atom. The van der Waals surface area contributed by atoms with Crippen molar-refractivity contribution in [1.29, 1.82) is 0 Å². The van der Waals surface area contributed by atoms with Crippen LogP contribution in [0.2, 0.25) is 0 Å². The molecule has 0 saturated carbocycles. The van der Waals surface area contributed by atoms with E-state index in [-0.39, 0.29) is 0 Å². The van der Waals surface area contributed by atoms with Crippen LogP contribution in [0.3, 0.4) is 0 Å². The lowest BCUT2D eigenvalue weighted by atomic mass is 10.1. The molecule has 158 valence electrons. The second kappa shape index (κ2) is 10.3. The van der Waals surface area contributed by atoms with Crippen molar-refractivity contribution in [3.05, 3.63) is 82.0 Å². The fraction of sp³-hybridized carbons (Fsp3) is 0.130. The van der Waals surface area contributed by atoms with Crippen molar-refractivity contribution in [2.75, 3.05) is 5.32 Å². The average Bonchev–Trinajstić information content (AvgIpc) is 3.33. The molecule has 0 bridgehead atoms. The second-order valence-electron chi connectivity index (χ2n) is 6.49. The number of ether oxygens (including phenoxy) is 1. The summed E-state index contributed by atoms with van der Waals surface area (Å²) < 4.78 is 5.31. The summed E-state index contributed by atoms with van der Waals surface area (Å²) in [4.78, 5) is 36.7. The third-order valence-electron chi connectivity index (χ3n) is 4.38. The number of rotatable bonds is 6. The fourth-order valence-corrected chi connectivity index (χ4v) is 3.29. The quantitative estimate of drug-likeness (QED) is 0.201. The van der Waals surface area contributed by atoms with Gasteiger partial charge < -0.3 is 10.1 Å². The van der Waals surface area contributed by atoms with Gasteiger partial charge in [0.15, 0.2) is 0 Å². The Balaban J connectivity index is 1.57. The van der Waals surface area contributed by atoms with Crippen LogP contribution in [0.4, 0.5) is 5.69 Å². The molecule has 1 heterocycles. The first-order valence-electron chi connectivity index (χ1n) is 9.57. The van der Waals surface area contributed by atoms with Gasteiger partial charge in [-0.3, -0.25) is 9.59 Å². The molecular formula is C23H21N3O4S. The first-order valence-corrected chi connectivity index (χ1v) is 10.5. The molecule has 0 atom stereocenters. The van der Waals surface area contributed by atoms with E-state index in [1.54, 1.807) is 60.8 Å². The predicted molar refractivity (Wildman–Crippen MR) is 121 cm³/mol. The molecule has 2 N–H and O–H groups in total. The predicted octanol–water partition coefficient (Wildman–Crippen LogP) is 4.01. The Morgan fingerprint density at radius 3 is 2.39 bits per heavy atom. The molecule has 31 heavy (non-hydrogen) atoms. The number of nitrogens with zero attached hydrogens (tertiary/aromatic N) is 1. The summed E-state index contributed by atoms with van der Waals surface area (Å²) in [5.41, 5.74) is 4.98. The zero-order valence-electron chi connectivity index (χ0n) is 17.0. The molecule has 0 aliphatic heterocycles. The number of para-hydroxylation sites is 1. The first kappa shape index (κ1) is 21.9. The number of aryl methyl sites for hydroxylation is 1. The van der Waals surface area contributed by atoms with Crippen LogP contribution >= 0.6 is 11.3 Å². The zero-order chi connectivity index (χ0) is 22.2. The van der Waals surface area contributed by atoms with E-state index in [0.29, 0.717) is 27.6 Å². The monoisotopic (exact) mass is 435 g/mol. The van der Waals surface area contributed by atoms with Crippen molar-refractivity contribution in [1.82, 2.24) is 5.43 Å². The van der Waals surface area contributed by atoms with Gasteiger partial charge in [0.1, 0.15) is 10.6 Å². The Labute approximate surface area is 183 Å².